The third-order valence-electron chi connectivity index (χ3n) is 5.07. The van der Waals surface area contributed by atoms with Crippen molar-refractivity contribution < 1.29 is 9.59 Å². The number of rotatable bonds is 2. The average molecular weight is 473 g/mol. The molecular formula is C20H13BrN2O3S2. The van der Waals surface area contributed by atoms with Gasteiger partial charge in [-0.1, -0.05) is 69.4 Å². The number of hydrogen-bond acceptors (Lipinski definition) is 5. The van der Waals surface area contributed by atoms with Crippen molar-refractivity contribution in [3.63, 3.8) is 0 Å². The number of hydrogen-bond donors (Lipinski definition) is 1. The summed E-state index contributed by atoms with van der Waals surface area (Å²) in [5.41, 5.74) is 1.50. The third kappa shape index (κ3) is 2.70. The van der Waals surface area contributed by atoms with Crippen molar-refractivity contribution in [2.24, 2.45) is 5.92 Å². The Morgan fingerprint density at radius 2 is 1.64 bits per heavy atom. The molecule has 1 aromatic heterocycles. The normalized spacial score (nSPS) is 23.6. The number of amides is 2. The minimum Gasteiger partial charge on any atom is -0.307 e. The van der Waals surface area contributed by atoms with Gasteiger partial charge < -0.3 is 4.98 Å². The van der Waals surface area contributed by atoms with Crippen LogP contribution in [0.2, 0.25) is 0 Å². The van der Waals surface area contributed by atoms with Gasteiger partial charge in [-0.3, -0.25) is 14.4 Å². The summed E-state index contributed by atoms with van der Waals surface area (Å²) in [6.45, 7) is 0. The summed E-state index contributed by atoms with van der Waals surface area (Å²) in [5, 5.41) is 0.142. The van der Waals surface area contributed by atoms with Crippen LogP contribution < -0.4 is 9.77 Å². The van der Waals surface area contributed by atoms with Crippen LogP contribution in [0.1, 0.15) is 16.4 Å². The molecule has 3 unspecified atom stereocenters. The molecule has 0 saturated carbocycles. The quantitative estimate of drug-likeness (QED) is 0.572. The summed E-state index contributed by atoms with van der Waals surface area (Å²) in [7, 11) is 0. The molecule has 3 atom stereocenters. The number of nitrogens with one attached hydrogen (secondary N) is 1. The lowest BCUT2D eigenvalue weighted by molar-refractivity contribution is -0.122. The van der Waals surface area contributed by atoms with Gasteiger partial charge in [0.15, 0.2) is 0 Å². The van der Waals surface area contributed by atoms with Gasteiger partial charge in [0.1, 0.15) is 5.25 Å². The summed E-state index contributed by atoms with van der Waals surface area (Å²) < 4.78 is 0.879. The van der Waals surface area contributed by atoms with Gasteiger partial charge in [-0.05, 0) is 29.8 Å². The van der Waals surface area contributed by atoms with Crippen LogP contribution in [0.3, 0.4) is 0 Å². The first-order valence-electron chi connectivity index (χ1n) is 8.62. The number of anilines is 1. The lowest BCUT2D eigenvalue weighted by Gasteiger charge is -2.29. The van der Waals surface area contributed by atoms with Crippen LogP contribution in [0.15, 0.2) is 68.9 Å². The van der Waals surface area contributed by atoms with E-state index in [9.17, 15) is 14.4 Å². The number of aromatic amines is 1. The number of H-pyrrole nitrogens is 1. The predicted octanol–water partition coefficient (Wildman–Crippen LogP) is 3.99. The highest BCUT2D eigenvalue weighted by atomic mass is 79.9. The fourth-order valence-corrected chi connectivity index (χ4v) is 6.66. The zero-order valence-electron chi connectivity index (χ0n) is 14.3. The Balaban J connectivity index is 1.65. The summed E-state index contributed by atoms with van der Waals surface area (Å²) in [5.74, 6) is -1.31. The number of benzene rings is 2. The van der Waals surface area contributed by atoms with Gasteiger partial charge in [-0.25, -0.2) is 4.90 Å². The average Bonchev–Trinajstić information content (AvgIpc) is 3.18. The van der Waals surface area contributed by atoms with Crippen molar-refractivity contribution in [2.75, 3.05) is 4.90 Å². The van der Waals surface area contributed by atoms with Crippen LogP contribution in [-0.4, -0.2) is 22.0 Å². The van der Waals surface area contributed by atoms with Crippen LogP contribution in [-0.2, 0) is 9.59 Å². The Morgan fingerprint density at radius 3 is 2.36 bits per heavy atom. The molecule has 0 aliphatic carbocycles. The second-order valence-electron chi connectivity index (χ2n) is 6.65. The van der Waals surface area contributed by atoms with Crippen molar-refractivity contribution in [2.45, 2.75) is 16.2 Å². The fraction of sp³-hybridized carbons (Fsp3) is 0.150. The van der Waals surface area contributed by atoms with Gasteiger partial charge in [0.2, 0.25) is 11.8 Å². The summed E-state index contributed by atoms with van der Waals surface area (Å²) in [6, 6.07) is 16.8. The summed E-state index contributed by atoms with van der Waals surface area (Å²) in [6.07, 6.45) is 0. The van der Waals surface area contributed by atoms with Gasteiger partial charge in [0.25, 0.3) is 0 Å². The number of thioether (sulfide) groups is 1. The van der Waals surface area contributed by atoms with E-state index in [-0.39, 0.29) is 22.6 Å². The van der Waals surface area contributed by atoms with E-state index in [1.807, 2.05) is 42.5 Å². The molecule has 28 heavy (non-hydrogen) atoms. The summed E-state index contributed by atoms with van der Waals surface area (Å²) in [4.78, 5) is 43.4. The van der Waals surface area contributed by atoms with Crippen LogP contribution in [0.4, 0.5) is 5.69 Å². The monoisotopic (exact) mass is 472 g/mol. The molecule has 2 aliphatic rings. The second-order valence-corrected chi connectivity index (χ2v) is 9.73. The number of fused-ring (bicyclic) bond motifs is 2. The van der Waals surface area contributed by atoms with E-state index >= 15 is 0 Å². The Bertz CT molecular complexity index is 1140. The largest absolute Gasteiger partial charge is 0.307 e. The van der Waals surface area contributed by atoms with Crippen LogP contribution >= 0.6 is 39.0 Å². The van der Waals surface area contributed by atoms with Crippen molar-refractivity contribution in [3.8, 4) is 0 Å². The molecule has 2 aliphatic heterocycles. The van der Waals surface area contributed by atoms with Crippen LogP contribution in [0, 0.1) is 5.92 Å². The zero-order valence-corrected chi connectivity index (χ0v) is 17.5. The maximum atomic E-state index is 13.4. The zero-order chi connectivity index (χ0) is 19.4. The molecule has 2 amide bonds. The van der Waals surface area contributed by atoms with E-state index in [0.29, 0.717) is 10.7 Å². The number of carbonyl (C=O) groups excluding carboxylic acids is 2. The molecule has 0 radical (unpaired) electrons. The van der Waals surface area contributed by atoms with Crippen molar-refractivity contribution >= 4 is 56.5 Å². The molecule has 0 bridgehead atoms. The Labute approximate surface area is 176 Å². The number of imide groups is 1. The maximum absolute atomic E-state index is 13.4. The molecule has 8 heteroatoms. The Morgan fingerprint density at radius 1 is 0.929 bits per heavy atom. The smallest absolute Gasteiger partial charge is 0.305 e. The van der Waals surface area contributed by atoms with E-state index in [1.165, 1.54) is 16.7 Å². The maximum Gasteiger partial charge on any atom is 0.305 e. The van der Waals surface area contributed by atoms with Gasteiger partial charge in [0, 0.05) is 15.3 Å². The molecule has 5 rings (SSSR count). The van der Waals surface area contributed by atoms with Crippen molar-refractivity contribution in [3.05, 3.63) is 79.2 Å². The lowest BCUT2D eigenvalue weighted by Crippen LogP contribution is -2.32. The number of halogens is 1. The molecule has 1 fully saturated rings. The molecule has 3 heterocycles. The topological polar surface area (TPSA) is 70.2 Å². The first-order chi connectivity index (χ1) is 13.5. The second kappa shape index (κ2) is 6.72. The molecule has 0 spiro atoms. The van der Waals surface area contributed by atoms with E-state index < -0.39 is 11.2 Å². The Hall–Kier alpha value is -2.16. The predicted molar refractivity (Wildman–Crippen MR) is 113 cm³/mol. The SMILES string of the molecule is O=C1C2Sc3[nH]c(=O)sc3C(c3ccccc3)C2C(=O)N1c1ccc(Br)cc1. The van der Waals surface area contributed by atoms with Crippen LogP contribution in [0.5, 0.6) is 0 Å². The number of carbonyl (C=O) groups is 2. The number of nitrogens with zero attached hydrogens (tertiary/aromatic N) is 1. The van der Waals surface area contributed by atoms with Gasteiger partial charge in [-0.2, -0.15) is 0 Å². The minimum atomic E-state index is -0.556. The number of thiazole rings is 1. The molecule has 1 saturated heterocycles. The summed E-state index contributed by atoms with van der Waals surface area (Å²) >= 11 is 5.80. The number of aromatic nitrogens is 1. The first-order valence-corrected chi connectivity index (χ1v) is 11.1. The van der Waals surface area contributed by atoms with Crippen LogP contribution in [0.25, 0.3) is 0 Å². The first kappa shape index (κ1) is 17.9. The van der Waals surface area contributed by atoms with Gasteiger partial charge in [0.05, 0.1) is 16.6 Å². The minimum absolute atomic E-state index is 0.164. The highest BCUT2D eigenvalue weighted by Gasteiger charge is 2.56. The molecule has 1 N–H and O–H groups in total. The van der Waals surface area contributed by atoms with E-state index in [1.54, 1.807) is 12.1 Å². The molecule has 2 aromatic carbocycles. The van der Waals surface area contributed by atoms with Crippen molar-refractivity contribution in [1.29, 1.82) is 0 Å². The van der Waals surface area contributed by atoms with Crippen molar-refractivity contribution in [1.82, 2.24) is 4.98 Å². The van der Waals surface area contributed by atoms with Gasteiger partial charge >= 0.3 is 4.87 Å². The van der Waals surface area contributed by atoms with E-state index in [2.05, 4.69) is 20.9 Å². The fourth-order valence-electron chi connectivity index (χ4n) is 3.88. The standard InChI is InChI=1S/C20H13BrN2O3S2/c21-11-6-8-12(9-7-11)23-18(24)14-13(10-4-2-1-3-5-10)15-17(22-20(26)28-15)27-16(14)19(23)25/h1-9,13-14,16H,(H,22,26). The highest BCUT2D eigenvalue weighted by Crippen LogP contribution is 2.53. The molecule has 3 aromatic rings. The lowest BCUT2D eigenvalue weighted by atomic mass is 9.83. The highest BCUT2D eigenvalue weighted by molar-refractivity contribution is 9.10. The van der Waals surface area contributed by atoms with E-state index in [0.717, 1.165) is 26.3 Å². The third-order valence-corrected chi connectivity index (χ3v) is 8.00. The Kier molecular flexibility index (Phi) is 4.30. The molecule has 5 nitrogen and oxygen atoms in total. The molecular weight excluding hydrogens is 460 g/mol. The van der Waals surface area contributed by atoms with E-state index in [4.69, 9.17) is 0 Å². The molecule has 140 valence electrons. The van der Waals surface area contributed by atoms with Gasteiger partial charge in [-0.15, -0.1) is 0 Å².